The lowest BCUT2D eigenvalue weighted by Gasteiger charge is -2.15. The fraction of sp³-hybridized carbons (Fsp3) is 0.533. The van der Waals surface area contributed by atoms with Gasteiger partial charge < -0.3 is 10.6 Å². The first-order valence-corrected chi connectivity index (χ1v) is 7.26. The van der Waals surface area contributed by atoms with Crippen molar-refractivity contribution in [2.24, 2.45) is 5.92 Å². The van der Waals surface area contributed by atoms with Crippen molar-refractivity contribution in [2.45, 2.75) is 32.2 Å². The van der Waals surface area contributed by atoms with Gasteiger partial charge in [-0.3, -0.25) is 4.79 Å². The molecule has 1 unspecified atom stereocenters. The number of rotatable bonds is 7. The van der Waals surface area contributed by atoms with E-state index in [0.717, 1.165) is 29.5 Å². The highest BCUT2D eigenvalue weighted by Gasteiger charge is 2.20. The Kier molecular flexibility index (Phi) is 5.23. The molecule has 1 amide bonds. The van der Waals surface area contributed by atoms with E-state index in [1.807, 2.05) is 31.2 Å². The van der Waals surface area contributed by atoms with Gasteiger partial charge in [0.2, 0.25) is 5.91 Å². The first-order chi connectivity index (χ1) is 9.15. The topological polar surface area (TPSA) is 41.1 Å². The molecule has 3 nitrogen and oxygen atoms in total. The number of carbonyl (C=O) groups is 1. The van der Waals surface area contributed by atoms with E-state index in [0.29, 0.717) is 6.54 Å². The average molecular weight is 281 g/mol. The van der Waals surface area contributed by atoms with Crippen LogP contribution in [0, 0.1) is 5.92 Å². The standard InChI is InChI=1S/C15H21ClN2O/c1-11(8-13-4-2-3-5-14(13)16)18-15(19)10-17-9-12-6-7-12/h2-5,11-12,17H,6-10H2,1H3,(H,18,19). The molecular formula is C15H21ClN2O. The molecule has 1 atom stereocenters. The summed E-state index contributed by atoms with van der Waals surface area (Å²) in [6.07, 6.45) is 3.36. The minimum absolute atomic E-state index is 0.0557. The highest BCUT2D eigenvalue weighted by Crippen LogP contribution is 2.27. The molecule has 1 aromatic rings. The third kappa shape index (κ3) is 5.21. The summed E-state index contributed by atoms with van der Waals surface area (Å²) in [6, 6.07) is 7.85. The Morgan fingerprint density at radius 3 is 2.84 bits per heavy atom. The summed E-state index contributed by atoms with van der Waals surface area (Å²) in [5.74, 6) is 0.855. The van der Waals surface area contributed by atoms with Gasteiger partial charge in [-0.1, -0.05) is 29.8 Å². The first-order valence-electron chi connectivity index (χ1n) is 6.88. The van der Waals surface area contributed by atoms with Gasteiger partial charge in [-0.05, 0) is 50.3 Å². The molecule has 0 heterocycles. The number of benzene rings is 1. The highest BCUT2D eigenvalue weighted by atomic mass is 35.5. The molecule has 0 spiro atoms. The Morgan fingerprint density at radius 2 is 2.16 bits per heavy atom. The van der Waals surface area contributed by atoms with Crippen molar-refractivity contribution in [3.63, 3.8) is 0 Å². The summed E-state index contributed by atoms with van der Waals surface area (Å²) in [5, 5.41) is 6.94. The summed E-state index contributed by atoms with van der Waals surface area (Å²) in [5.41, 5.74) is 1.07. The predicted molar refractivity (Wildman–Crippen MR) is 78.4 cm³/mol. The van der Waals surface area contributed by atoms with Crippen LogP contribution in [-0.4, -0.2) is 25.0 Å². The minimum atomic E-state index is 0.0557. The van der Waals surface area contributed by atoms with Crippen LogP contribution in [0.15, 0.2) is 24.3 Å². The van der Waals surface area contributed by atoms with E-state index < -0.39 is 0 Å². The molecule has 4 heteroatoms. The Bertz CT molecular complexity index is 432. The number of nitrogens with one attached hydrogen (secondary N) is 2. The summed E-state index contributed by atoms with van der Waals surface area (Å²) in [6.45, 7) is 3.37. The predicted octanol–water partition coefficient (Wildman–Crippen LogP) is 2.39. The van der Waals surface area contributed by atoms with Crippen LogP contribution in [0.2, 0.25) is 5.02 Å². The number of halogens is 1. The second-order valence-electron chi connectivity index (χ2n) is 5.34. The van der Waals surface area contributed by atoms with Crippen molar-refractivity contribution in [3.8, 4) is 0 Å². The van der Waals surface area contributed by atoms with Crippen molar-refractivity contribution in [2.75, 3.05) is 13.1 Å². The smallest absolute Gasteiger partial charge is 0.234 e. The second-order valence-corrected chi connectivity index (χ2v) is 5.75. The lowest BCUT2D eigenvalue weighted by Crippen LogP contribution is -2.40. The quantitative estimate of drug-likeness (QED) is 0.805. The number of carbonyl (C=O) groups excluding carboxylic acids is 1. The van der Waals surface area contributed by atoms with Crippen LogP contribution in [0.1, 0.15) is 25.3 Å². The largest absolute Gasteiger partial charge is 0.352 e. The van der Waals surface area contributed by atoms with Crippen LogP contribution in [-0.2, 0) is 11.2 Å². The van der Waals surface area contributed by atoms with Crippen LogP contribution in [0.5, 0.6) is 0 Å². The number of amides is 1. The van der Waals surface area contributed by atoms with Gasteiger partial charge in [0.05, 0.1) is 6.54 Å². The Labute approximate surface area is 119 Å². The Hall–Kier alpha value is -1.06. The highest BCUT2D eigenvalue weighted by molar-refractivity contribution is 6.31. The molecular weight excluding hydrogens is 260 g/mol. The number of hydrogen-bond donors (Lipinski definition) is 2. The number of hydrogen-bond acceptors (Lipinski definition) is 2. The zero-order chi connectivity index (χ0) is 13.7. The Morgan fingerprint density at radius 1 is 1.42 bits per heavy atom. The van der Waals surface area contributed by atoms with Gasteiger partial charge in [-0.25, -0.2) is 0 Å². The van der Waals surface area contributed by atoms with Crippen LogP contribution < -0.4 is 10.6 Å². The van der Waals surface area contributed by atoms with Gasteiger partial charge in [0.15, 0.2) is 0 Å². The van der Waals surface area contributed by atoms with Crippen molar-refractivity contribution in [1.29, 1.82) is 0 Å². The van der Waals surface area contributed by atoms with E-state index in [4.69, 9.17) is 11.6 Å². The molecule has 104 valence electrons. The molecule has 0 bridgehead atoms. The molecule has 0 aliphatic heterocycles. The van der Waals surface area contributed by atoms with E-state index in [1.165, 1.54) is 12.8 Å². The molecule has 0 aromatic heterocycles. The van der Waals surface area contributed by atoms with Crippen molar-refractivity contribution in [1.82, 2.24) is 10.6 Å². The average Bonchev–Trinajstić information content (AvgIpc) is 3.16. The summed E-state index contributed by atoms with van der Waals surface area (Å²) in [7, 11) is 0. The van der Waals surface area contributed by atoms with E-state index in [-0.39, 0.29) is 11.9 Å². The van der Waals surface area contributed by atoms with Crippen molar-refractivity contribution in [3.05, 3.63) is 34.9 Å². The molecule has 1 aromatic carbocycles. The summed E-state index contributed by atoms with van der Waals surface area (Å²) in [4.78, 5) is 11.7. The molecule has 2 N–H and O–H groups in total. The molecule has 1 aliphatic rings. The molecule has 1 saturated carbocycles. The monoisotopic (exact) mass is 280 g/mol. The fourth-order valence-corrected chi connectivity index (χ4v) is 2.30. The lowest BCUT2D eigenvalue weighted by atomic mass is 10.1. The van der Waals surface area contributed by atoms with E-state index in [2.05, 4.69) is 10.6 Å². The molecule has 0 radical (unpaired) electrons. The van der Waals surface area contributed by atoms with Gasteiger partial charge in [-0.15, -0.1) is 0 Å². The second kappa shape index (κ2) is 6.92. The van der Waals surface area contributed by atoms with Gasteiger partial charge in [0.1, 0.15) is 0 Å². The van der Waals surface area contributed by atoms with Crippen LogP contribution in [0.3, 0.4) is 0 Å². The van der Waals surface area contributed by atoms with Crippen molar-refractivity contribution >= 4 is 17.5 Å². The zero-order valence-electron chi connectivity index (χ0n) is 11.3. The molecule has 2 rings (SSSR count). The van der Waals surface area contributed by atoms with Gasteiger partial charge in [-0.2, -0.15) is 0 Å². The van der Waals surface area contributed by atoms with Crippen LogP contribution >= 0.6 is 11.6 Å². The fourth-order valence-electron chi connectivity index (χ4n) is 2.08. The maximum Gasteiger partial charge on any atom is 0.234 e. The van der Waals surface area contributed by atoms with Gasteiger partial charge in [0, 0.05) is 11.1 Å². The summed E-state index contributed by atoms with van der Waals surface area (Å²) < 4.78 is 0. The zero-order valence-corrected chi connectivity index (χ0v) is 12.0. The third-order valence-electron chi connectivity index (χ3n) is 3.31. The maximum absolute atomic E-state index is 11.7. The third-order valence-corrected chi connectivity index (χ3v) is 3.68. The molecule has 1 fully saturated rings. The molecule has 0 saturated heterocycles. The lowest BCUT2D eigenvalue weighted by molar-refractivity contribution is -0.120. The molecule has 19 heavy (non-hydrogen) atoms. The SMILES string of the molecule is CC(Cc1ccccc1Cl)NC(=O)CNCC1CC1. The Balaban J connectivity index is 1.69. The van der Waals surface area contributed by atoms with Crippen LogP contribution in [0.4, 0.5) is 0 Å². The van der Waals surface area contributed by atoms with Gasteiger partial charge in [0.25, 0.3) is 0 Å². The first kappa shape index (κ1) is 14.4. The van der Waals surface area contributed by atoms with Crippen LogP contribution in [0.25, 0.3) is 0 Å². The maximum atomic E-state index is 11.7. The van der Waals surface area contributed by atoms with Gasteiger partial charge >= 0.3 is 0 Å². The summed E-state index contributed by atoms with van der Waals surface area (Å²) >= 11 is 6.11. The molecule has 1 aliphatic carbocycles. The van der Waals surface area contributed by atoms with Crippen molar-refractivity contribution < 1.29 is 4.79 Å². The van der Waals surface area contributed by atoms with E-state index in [9.17, 15) is 4.79 Å². The normalized spacial score (nSPS) is 16.1. The minimum Gasteiger partial charge on any atom is -0.352 e. The van der Waals surface area contributed by atoms with E-state index in [1.54, 1.807) is 0 Å². The van der Waals surface area contributed by atoms with E-state index >= 15 is 0 Å².